The van der Waals surface area contributed by atoms with Crippen LogP contribution in [-0.2, 0) is 4.79 Å². The van der Waals surface area contributed by atoms with Crippen molar-refractivity contribution in [1.29, 1.82) is 0 Å². The van der Waals surface area contributed by atoms with Gasteiger partial charge in [0, 0.05) is 0 Å². The molecule has 0 aliphatic carbocycles. The first-order chi connectivity index (χ1) is 11.2. The molecule has 1 atom stereocenters. The highest BCUT2D eigenvalue weighted by atomic mass is 79.9. The van der Waals surface area contributed by atoms with Gasteiger partial charge >= 0.3 is 6.21 Å². The maximum absolute atomic E-state index is 11.4. The zero-order valence-electron chi connectivity index (χ0n) is 14.9. The Kier molecular flexibility index (Phi) is 17.5. The van der Waals surface area contributed by atoms with Gasteiger partial charge in [-0.05, 0) is 6.42 Å². The fraction of sp³-hybridized carbons (Fsp3) is 0.895. The summed E-state index contributed by atoms with van der Waals surface area (Å²) in [6.45, 7) is 2.27. The third-order valence-corrected chi connectivity index (χ3v) is 5.21. The summed E-state index contributed by atoms with van der Waals surface area (Å²) in [5.41, 5.74) is 8.31. The van der Waals surface area contributed by atoms with Crippen LogP contribution in [0.1, 0.15) is 103 Å². The number of halogens is 1. The Morgan fingerprint density at radius 2 is 1.26 bits per heavy atom. The summed E-state index contributed by atoms with van der Waals surface area (Å²) < 4.78 is 0. The lowest BCUT2D eigenvalue weighted by Gasteiger charge is -2.04. The van der Waals surface area contributed by atoms with Crippen molar-refractivity contribution in [3.63, 3.8) is 0 Å². The second-order valence-corrected chi connectivity index (χ2v) is 7.60. The van der Waals surface area contributed by atoms with E-state index < -0.39 is 0 Å². The monoisotopic (exact) mass is 386 g/mol. The van der Waals surface area contributed by atoms with Crippen molar-refractivity contribution in [3.05, 3.63) is 5.53 Å². The Bertz CT molecular complexity index is 327. The van der Waals surface area contributed by atoms with Crippen molar-refractivity contribution in [3.8, 4) is 0 Å². The number of alkyl halides is 1. The minimum absolute atomic E-state index is 0.151. The highest BCUT2D eigenvalue weighted by Crippen LogP contribution is 2.15. The number of Topliss-reactive ketones (excluding diaryl/α,β-unsaturated/α-hetero) is 1. The first-order valence-electron chi connectivity index (χ1n) is 9.57. The number of rotatable bonds is 17. The largest absolute Gasteiger partial charge is 0.361 e. The van der Waals surface area contributed by atoms with Crippen LogP contribution in [-0.4, -0.2) is 21.6 Å². The molecule has 0 fully saturated rings. The SMILES string of the molecule is CCCCCCCCCCCCCCCCC(Br)C(=O)C=[N+]=[N-]. The van der Waals surface area contributed by atoms with Gasteiger partial charge in [0.05, 0.1) is 4.83 Å². The molecule has 1 unspecified atom stereocenters. The third-order valence-electron chi connectivity index (χ3n) is 4.30. The predicted octanol–water partition coefficient (Wildman–Crippen LogP) is 6.49. The van der Waals surface area contributed by atoms with Gasteiger partial charge in [0.25, 0.3) is 0 Å². The van der Waals surface area contributed by atoms with Crippen LogP contribution in [0.15, 0.2) is 0 Å². The lowest BCUT2D eigenvalue weighted by atomic mass is 10.0. The second-order valence-electron chi connectivity index (χ2n) is 6.50. The summed E-state index contributed by atoms with van der Waals surface area (Å²) in [6.07, 6.45) is 20.6. The van der Waals surface area contributed by atoms with E-state index in [4.69, 9.17) is 5.53 Å². The van der Waals surface area contributed by atoms with Gasteiger partial charge in [-0.15, -0.1) is 0 Å². The molecule has 0 aliphatic rings. The molecule has 0 heterocycles. The first-order valence-corrected chi connectivity index (χ1v) is 10.5. The van der Waals surface area contributed by atoms with E-state index in [1.54, 1.807) is 0 Å². The fourth-order valence-electron chi connectivity index (χ4n) is 2.80. The maximum atomic E-state index is 11.4. The molecule has 0 N–H and O–H groups in total. The van der Waals surface area contributed by atoms with E-state index in [2.05, 4.69) is 27.6 Å². The van der Waals surface area contributed by atoms with Gasteiger partial charge < -0.3 is 5.53 Å². The Morgan fingerprint density at radius 1 is 0.870 bits per heavy atom. The smallest absolute Gasteiger partial charge is 0.324 e. The van der Waals surface area contributed by atoms with Crippen molar-refractivity contribution in [1.82, 2.24) is 0 Å². The zero-order valence-corrected chi connectivity index (χ0v) is 16.5. The number of ketones is 1. The predicted molar refractivity (Wildman–Crippen MR) is 102 cm³/mol. The number of nitrogens with zero attached hydrogens (tertiary/aromatic N) is 2. The van der Waals surface area contributed by atoms with Crippen LogP contribution >= 0.6 is 15.9 Å². The van der Waals surface area contributed by atoms with E-state index in [-0.39, 0.29) is 10.6 Å². The first kappa shape index (κ1) is 22.5. The molecule has 4 heteroatoms. The molecule has 23 heavy (non-hydrogen) atoms. The molecule has 0 saturated heterocycles. The molecule has 0 saturated carbocycles. The standard InChI is InChI=1S/C19H35BrN2O/c1-2-3-4-5-6-7-8-9-10-11-12-13-14-15-16-18(20)19(23)17-22-21/h17-18H,2-16H2,1H3. The number of unbranched alkanes of at least 4 members (excludes halogenated alkanes) is 13. The molecule has 0 spiro atoms. The number of carbonyl (C=O) groups is 1. The molecule has 0 rings (SSSR count). The molecule has 0 radical (unpaired) electrons. The van der Waals surface area contributed by atoms with Gasteiger partial charge in [-0.2, -0.15) is 4.79 Å². The summed E-state index contributed by atoms with van der Waals surface area (Å²) in [5.74, 6) is -0.151. The van der Waals surface area contributed by atoms with Crippen molar-refractivity contribution >= 4 is 27.9 Å². The fourth-order valence-corrected chi connectivity index (χ4v) is 3.24. The van der Waals surface area contributed by atoms with E-state index in [9.17, 15) is 4.79 Å². The van der Waals surface area contributed by atoms with Crippen LogP contribution in [0.2, 0.25) is 0 Å². The van der Waals surface area contributed by atoms with Gasteiger partial charge in [0.15, 0.2) is 0 Å². The van der Waals surface area contributed by atoms with E-state index in [1.165, 1.54) is 83.5 Å². The number of hydrogen-bond acceptors (Lipinski definition) is 1. The summed E-state index contributed by atoms with van der Waals surface area (Å²) in [6, 6.07) is 0. The van der Waals surface area contributed by atoms with Crippen molar-refractivity contribution < 1.29 is 9.58 Å². The Hall–Kier alpha value is -0.470. The average Bonchev–Trinajstić information content (AvgIpc) is 2.55. The molecule has 0 aromatic heterocycles. The van der Waals surface area contributed by atoms with Crippen molar-refractivity contribution in [2.24, 2.45) is 0 Å². The lowest BCUT2D eigenvalue weighted by molar-refractivity contribution is -0.115. The van der Waals surface area contributed by atoms with Crippen LogP contribution in [0.5, 0.6) is 0 Å². The lowest BCUT2D eigenvalue weighted by Crippen LogP contribution is -2.15. The number of carbonyl (C=O) groups excluding carboxylic acids is 1. The zero-order chi connectivity index (χ0) is 17.2. The molecule has 0 amide bonds. The molecule has 0 bridgehead atoms. The van der Waals surface area contributed by atoms with E-state index >= 15 is 0 Å². The maximum Gasteiger partial charge on any atom is 0.324 e. The van der Waals surface area contributed by atoms with E-state index in [0.29, 0.717) is 0 Å². The Balaban J connectivity index is 3.19. The number of hydrogen-bond donors (Lipinski definition) is 0. The van der Waals surface area contributed by atoms with Crippen molar-refractivity contribution in [2.45, 2.75) is 108 Å². The quantitative estimate of drug-likeness (QED) is 0.0925. The normalized spacial score (nSPS) is 11.9. The molecule has 134 valence electrons. The van der Waals surface area contributed by atoms with Crippen LogP contribution in [0.3, 0.4) is 0 Å². The van der Waals surface area contributed by atoms with Crippen LogP contribution in [0, 0.1) is 0 Å². The van der Waals surface area contributed by atoms with E-state index in [1.807, 2.05) is 0 Å². The van der Waals surface area contributed by atoms with Crippen LogP contribution < -0.4 is 0 Å². The van der Waals surface area contributed by atoms with E-state index in [0.717, 1.165) is 19.1 Å². The minimum atomic E-state index is -0.198. The minimum Gasteiger partial charge on any atom is -0.361 e. The molecule has 3 nitrogen and oxygen atoms in total. The summed E-state index contributed by atoms with van der Waals surface area (Å²) in [5, 5.41) is 0. The van der Waals surface area contributed by atoms with Gasteiger partial charge in [-0.25, -0.2) is 0 Å². The second kappa shape index (κ2) is 17.9. The van der Waals surface area contributed by atoms with Crippen LogP contribution in [0.4, 0.5) is 0 Å². The molecule has 0 aromatic rings. The van der Waals surface area contributed by atoms with Gasteiger partial charge in [-0.1, -0.05) is 113 Å². The van der Waals surface area contributed by atoms with Gasteiger partial charge in [-0.3, -0.25) is 4.79 Å². The molecule has 0 aromatic carbocycles. The average molecular weight is 387 g/mol. The topological polar surface area (TPSA) is 53.5 Å². The van der Waals surface area contributed by atoms with Crippen LogP contribution in [0.25, 0.3) is 5.53 Å². The summed E-state index contributed by atoms with van der Waals surface area (Å²) in [4.78, 5) is 13.9. The highest BCUT2D eigenvalue weighted by molar-refractivity contribution is 9.10. The Morgan fingerprint density at radius 3 is 1.65 bits per heavy atom. The Labute approximate surface area is 151 Å². The summed E-state index contributed by atoms with van der Waals surface area (Å²) in [7, 11) is 0. The van der Waals surface area contributed by atoms with Crippen molar-refractivity contribution in [2.75, 3.05) is 0 Å². The van der Waals surface area contributed by atoms with Gasteiger partial charge in [0.2, 0.25) is 5.78 Å². The van der Waals surface area contributed by atoms with Gasteiger partial charge in [0.1, 0.15) is 0 Å². The third kappa shape index (κ3) is 16.2. The summed E-state index contributed by atoms with van der Waals surface area (Å²) >= 11 is 3.33. The molecular weight excluding hydrogens is 352 g/mol. The molecular formula is C19H35BrN2O. The molecule has 0 aliphatic heterocycles. The highest BCUT2D eigenvalue weighted by Gasteiger charge is 2.15.